The molecule has 0 aliphatic heterocycles. The van der Waals surface area contributed by atoms with E-state index >= 15 is 0 Å². The quantitative estimate of drug-likeness (QED) is 0.167. The number of aromatic nitrogens is 3. The van der Waals surface area contributed by atoms with Gasteiger partial charge in [-0.25, -0.2) is 9.38 Å². The van der Waals surface area contributed by atoms with E-state index in [0.29, 0.717) is 0 Å². The molecule has 2 aliphatic carbocycles. The summed E-state index contributed by atoms with van der Waals surface area (Å²) in [6, 6.07) is 88.1. The highest BCUT2D eigenvalue weighted by molar-refractivity contribution is 6.05. The van der Waals surface area contributed by atoms with Crippen molar-refractivity contribution >= 4 is 56.1 Å². The van der Waals surface area contributed by atoms with Gasteiger partial charge in [-0.1, -0.05) is 170 Å². The van der Waals surface area contributed by atoms with Crippen LogP contribution in [-0.4, -0.2) is 14.0 Å². The van der Waals surface area contributed by atoms with Gasteiger partial charge in [0.15, 0.2) is 0 Å². The monoisotopic (exact) mass is 880 g/mol. The zero-order valence-corrected chi connectivity index (χ0v) is 37.3. The van der Waals surface area contributed by atoms with Gasteiger partial charge in [-0.2, -0.15) is 0 Å². The summed E-state index contributed by atoms with van der Waals surface area (Å²) in [6.45, 7) is 0. The lowest BCUT2D eigenvalue weighted by Crippen LogP contribution is -2.25. The standard InChI is InChI=1S/C64H40N4O/c1-3-15-41(16-4-1)42-27-32-46(33-28-42)66(48-36-38-58-59(40-48)67(45-17-5-2-6-18-45)63-65-61-53-22-10-14-26-60(53)69-62(61)68(58)63)47-34-29-43(30-35-47)44-31-37-52-51-21-9-13-25-56(51)64(57(52)39-44)54-23-11-7-19-49(54)50-20-8-12-24-55(50)64/h1-40H. The van der Waals surface area contributed by atoms with Crippen LogP contribution in [0.15, 0.2) is 247 Å². The molecule has 5 nitrogen and oxygen atoms in total. The average Bonchev–Trinajstić information content (AvgIpc) is 4.20. The first-order valence-corrected chi connectivity index (χ1v) is 23.6. The first-order chi connectivity index (χ1) is 34.2. The third-order valence-corrected chi connectivity index (χ3v) is 14.8. The van der Waals surface area contributed by atoms with Crippen molar-refractivity contribution in [2.24, 2.45) is 0 Å². The summed E-state index contributed by atoms with van der Waals surface area (Å²) in [7, 11) is 0. The molecule has 0 unspecified atom stereocenters. The van der Waals surface area contributed by atoms with E-state index in [-0.39, 0.29) is 0 Å². The molecule has 15 rings (SSSR count). The Balaban J connectivity index is 0.893. The topological polar surface area (TPSA) is 38.6 Å². The van der Waals surface area contributed by atoms with Crippen LogP contribution in [0.2, 0.25) is 0 Å². The molecule has 0 radical (unpaired) electrons. The second kappa shape index (κ2) is 14.4. The molecule has 3 heterocycles. The zero-order chi connectivity index (χ0) is 45.2. The Labute approximate surface area is 398 Å². The van der Waals surface area contributed by atoms with Crippen LogP contribution in [0.3, 0.4) is 0 Å². The lowest BCUT2D eigenvalue weighted by Gasteiger charge is -2.30. The fourth-order valence-electron chi connectivity index (χ4n) is 11.8. The van der Waals surface area contributed by atoms with E-state index < -0.39 is 5.41 Å². The van der Waals surface area contributed by atoms with Gasteiger partial charge < -0.3 is 9.32 Å². The maximum absolute atomic E-state index is 6.55. The Morgan fingerprint density at radius 1 is 0.391 bits per heavy atom. The molecule has 0 bridgehead atoms. The number of benzene rings is 10. The Morgan fingerprint density at radius 2 is 0.899 bits per heavy atom. The Morgan fingerprint density at radius 3 is 1.55 bits per heavy atom. The number of hydrogen-bond acceptors (Lipinski definition) is 3. The highest BCUT2D eigenvalue weighted by atomic mass is 16.3. The zero-order valence-electron chi connectivity index (χ0n) is 37.3. The predicted octanol–water partition coefficient (Wildman–Crippen LogP) is 16.3. The number of anilines is 3. The Kier molecular flexibility index (Phi) is 7.93. The van der Waals surface area contributed by atoms with Gasteiger partial charge in [-0.05, 0) is 140 Å². The summed E-state index contributed by atoms with van der Waals surface area (Å²) in [4.78, 5) is 7.64. The lowest BCUT2D eigenvalue weighted by atomic mass is 9.70. The van der Waals surface area contributed by atoms with Crippen molar-refractivity contribution in [3.8, 4) is 50.2 Å². The van der Waals surface area contributed by atoms with Crippen LogP contribution >= 0.6 is 0 Å². The van der Waals surface area contributed by atoms with Crippen LogP contribution in [0.4, 0.5) is 17.1 Å². The second-order valence-electron chi connectivity index (χ2n) is 18.3. The van der Waals surface area contributed by atoms with Crippen LogP contribution in [0.1, 0.15) is 22.3 Å². The predicted molar refractivity (Wildman–Crippen MR) is 281 cm³/mol. The Hall–Kier alpha value is -9.19. The Bertz CT molecular complexity index is 4120. The van der Waals surface area contributed by atoms with Crippen LogP contribution in [-0.2, 0) is 5.41 Å². The van der Waals surface area contributed by atoms with Crippen LogP contribution < -0.4 is 4.90 Å². The minimum Gasteiger partial charge on any atom is -0.437 e. The van der Waals surface area contributed by atoms with Crippen molar-refractivity contribution in [2.75, 3.05) is 4.90 Å². The molecule has 0 atom stereocenters. The van der Waals surface area contributed by atoms with Crippen molar-refractivity contribution in [1.82, 2.24) is 14.0 Å². The molecule has 3 aromatic heterocycles. The van der Waals surface area contributed by atoms with Gasteiger partial charge in [0.1, 0.15) is 11.1 Å². The highest BCUT2D eigenvalue weighted by Gasteiger charge is 2.51. The van der Waals surface area contributed by atoms with E-state index in [4.69, 9.17) is 9.40 Å². The lowest BCUT2D eigenvalue weighted by molar-refractivity contribution is 0.651. The fourth-order valence-corrected chi connectivity index (χ4v) is 11.8. The van der Waals surface area contributed by atoms with Gasteiger partial charge in [-0.15, -0.1) is 0 Å². The molecule has 0 saturated heterocycles. The summed E-state index contributed by atoms with van der Waals surface area (Å²) < 4.78 is 11.0. The van der Waals surface area contributed by atoms with Crippen molar-refractivity contribution in [1.29, 1.82) is 0 Å². The minimum absolute atomic E-state index is 0.397. The molecule has 10 aromatic carbocycles. The largest absolute Gasteiger partial charge is 0.437 e. The summed E-state index contributed by atoms with van der Waals surface area (Å²) in [5.74, 6) is 0.805. The maximum atomic E-state index is 6.55. The third-order valence-electron chi connectivity index (χ3n) is 14.8. The molecule has 69 heavy (non-hydrogen) atoms. The first kappa shape index (κ1) is 38.0. The molecule has 0 saturated carbocycles. The van der Waals surface area contributed by atoms with E-state index in [2.05, 4.69) is 238 Å². The van der Waals surface area contributed by atoms with Gasteiger partial charge in [0.25, 0.3) is 0 Å². The molecule has 5 heteroatoms. The minimum atomic E-state index is -0.397. The second-order valence-corrected chi connectivity index (χ2v) is 18.3. The van der Waals surface area contributed by atoms with Crippen LogP contribution in [0, 0.1) is 0 Å². The van der Waals surface area contributed by atoms with Gasteiger partial charge >= 0.3 is 0 Å². The van der Waals surface area contributed by atoms with E-state index in [1.54, 1.807) is 0 Å². The first-order valence-electron chi connectivity index (χ1n) is 23.6. The van der Waals surface area contributed by atoms with Crippen molar-refractivity contribution < 1.29 is 4.42 Å². The number of rotatable bonds is 6. The number of furan rings is 1. The molecule has 13 aromatic rings. The van der Waals surface area contributed by atoms with Gasteiger partial charge in [0.05, 0.1) is 16.4 Å². The van der Waals surface area contributed by atoms with Gasteiger partial charge in [0.2, 0.25) is 11.5 Å². The van der Waals surface area contributed by atoms with E-state index in [0.717, 1.165) is 67.3 Å². The molecule has 0 fully saturated rings. The van der Waals surface area contributed by atoms with E-state index in [9.17, 15) is 0 Å². The molecule has 0 amide bonds. The normalized spacial score (nSPS) is 13.0. The summed E-state index contributed by atoms with van der Waals surface area (Å²) >= 11 is 0. The summed E-state index contributed by atoms with van der Waals surface area (Å²) in [6.07, 6.45) is 0. The molecular formula is C64H40N4O. The third kappa shape index (κ3) is 5.32. The van der Waals surface area contributed by atoms with E-state index in [1.807, 2.05) is 18.2 Å². The maximum Gasteiger partial charge on any atom is 0.234 e. The van der Waals surface area contributed by atoms with Crippen LogP contribution in [0.25, 0.3) is 89.2 Å². The van der Waals surface area contributed by atoms with Crippen molar-refractivity contribution in [3.05, 3.63) is 265 Å². The molecule has 0 N–H and O–H groups in total. The highest BCUT2D eigenvalue weighted by Crippen LogP contribution is 2.63. The number of para-hydroxylation sites is 2. The fraction of sp³-hybridized carbons (Fsp3) is 0.0156. The van der Waals surface area contributed by atoms with Crippen molar-refractivity contribution in [3.63, 3.8) is 0 Å². The average molecular weight is 881 g/mol. The number of imidazole rings is 2. The SMILES string of the molecule is c1ccc(-c2ccc(N(c3ccc(-c4ccc5c(c4)C4(c6ccccc6-c6ccccc64)c4ccccc4-5)cc3)c3ccc4c(c3)n(-c3ccccc3)c3nc5c6ccccc6oc5n43)cc2)cc1. The summed E-state index contributed by atoms with van der Waals surface area (Å²) in [5.41, 5.74) is 23.6. The number of nitrogens with zero attached hydrogens (tertiary/aromatic N) is 4. The molecule has 322 valence electrons. The summed E-state index contributed by atoms with van der Waals surface area (Å²) in [5, 5.41) is 1.01. The number of hydrogen-bond donors (Lipinski definition) is 0. The van der Waals surface area contributed by atoms with E-state index in [1.165, 1.54) is 61.2 Å². The van der Waals surface area contributed by atoms with Gasteiger partial charge in [-0.3, -0.25) is 4.57 Å². The number of fused-ring (bicyclic) bond motifs is 17. The molecule has 1 spiro atoms. The molecular weight excluding hydrogens is 841 g/mol. The smallest absolute Gasteiger partial charge is 0.234 e. The van der Waals surface area contributed by atoms with Crippen LogP contribution in [0.5, 0.6) is 0 Å². The molecule has 2 aliphatic rings. The van der Waals surface area contributed by atoms with Gasteiger partial charge in [0, 0.05) is 28.1 Å². The van der Waals surface area contributed by atoms with Crippen molar-refractivity contribution in [2.45, 2.75) is 5.41 Å².